The van der Waals surface area contributed by atoms with Gasteiger partial charge in [-0.1, -0.05) is 6.92 Å². The Morgan fingerprint density at radius 2 is 2.12 bits per heavy atom. The van der Waals surface area contributed by atoms with E-state index in [0.717, 1.165) is 32.5 Å². The van der Waals surface area contributed by atoms with Gasteiger partial charge in [0.05, 0.1) is 13.0 Å². The van der Waals surface area contributed by atoms with Crippen molar-refractivity contribution in [2.75, 3.05) is 26.2 Å². The number of carbonyl (C=O) groups excluding carboxylic acids is 1. The van der Waals surface area contributed by atoms with E-state index in [0.29, 0.717) is 24.4 Å². The number of hydrogen-bond acceptors (Lipinski definition) is 4. The number of nitrogens with zero attached hydrogens (tertiary/aromatic N) is 2. The summed E-state index contributed by atoms with van der Waals surface area (Å²) in [5.41, 5.74) is 1.38. The van der Waals surface area contributed by atoms with Crippen molar-refractivity contribution in [1.29, 1.82) is 0 Å². The van der Waals surface area contributed by atoms with E-state index in [1.165, 1.54) is 36.2 Å². The third-order valence-corrected chi connectivity index (χ3v) is 7.06. The lowest BCUT2D eigenvalue weighted by molar-refractivity contribution is -0.136. The lowest BCUT2D eigenvalue weighted by Gasteiger charge is -2.35. The number of thiophene rings is 1. The summed E-state index contributed by atoms with van der Waals surface area (Å²) in [5.74, 6) is 0.298. The SMILES string of the molecule is CCN1CCC[C@@H]1[C@H]1CCCN1C(=O)C[C@@H]1OCCc2ccsc21. The second kappa shape index (κ2) is 7.14. The Morgan fingerprint density at radius 3 is 3.00 bits per heavy atom. The first-order valence-electron chi connectivity index (χ1n) is 9.49. The summed E-state index contributed by atoms with van der Waals surface area (Å²) in [6, 6.07) is 3.19. The van der Waals surface area contributed by atoms with Gasteiger partial charge in [-0.15, -0.1) is 11.3 Å². The van der Waals surface area contributed by atoms with E-state index in [1.54, 1.807) is 11.3 Å². The Kier molecular flexibility index (Phi) is 4.93. The molecule has 0 bridgehead atoms. The monoisotopic (exact) mass is 348 g/mol. The summed E-state index contributed by atoms with van der Waals surface area (Å²) in [6.07, 6.45) is 6.33. The van der Waals surface area contributed by atoms with Gasteiger partial charge in [0.1, 0.15) is 6.10 Å². The molecule has 3 atom stereocenters. The van der Waals surface area contributed by atoms with Crippen LogP contribution in [0.3, 0.4) is 0 Å². The molecule has 4 nitrogen and oxygen atoms in total. The molecule has 132 valence electrons. The molecule has 2 fully saturated rings. The van der Waals surface area contributed by atoms with Crippen molar-refractivity contribution in [3.05, 3.63) is 21.9 Å². The van der Waals surface area contributed by atoms with E-state index in [2.05, 4.69) is 28.2 Å². The zero-order valence-corrected chi connectivity index (χ0v) is 15.4. The van der Waals surface area contributed by atoms with Crippen molar-refractivity contribution in [2.45, 2.75) is 63.6 Å². The van der Waals surface area contributed by atoms with Gasteiger partial charge in [0.15, 0.2) is 0 Å². The van der Waals surface area contributed by atoms with Gasteiger partial charge in [0.2, 0.25) is 5.91 Å². The molecule has 4 heterocycles. The minimum absolute atomic E-state index is 0.0200. The first-order valence-corrected chi connectivity index (χ1v) is 10.4. The van der Waals surface area contributed by atoms with Crippen molar-refractivity contribution >= 4 is 17.2 Å². The number of ether oxygens (including phenoxy) is 1. The summed E-state index contributed by atoms with van der Waals surface area (Å²) >= 11 is 1.74. The van der Waals surface area contributed by atoms with Gasteiger partial charge in [0.25, 0.3) is 0 Å². The molecular formula is C19H28N2O2S. The molecule has 5 heteroatoms. The third kappa shape index (κ3) is 3.02. The molecule has 0 radical (unpaired) electrons. The maximum Gasteiger partial charge on any atom is 0.225 e. The van der Waals surface area contributed by atoms with Crippen molar-refractivity contribution in [3.8, 4) is 0 Å². The minimum Gasteiger partial charge on any atom is -0.372 e. The van der Waals surface area contributed by atoms with Gasteiger partial charge < -0.3 is 9.64 Å². The molecular weight excluding hydrogens is 320 g/mol. The standard InChI is InChI=1S/C19H28N2O2S/c1-2-20-9-3-5-15(20)16-6-4-10-21(16)18(22)13-17-19-14(7-11-23-17)8-12-24-19/h8,12,15-17H,2-7,9-11,13H2,1H3/t15-,16-,17+/m1/s1. The molecule has 0 saturated carbocycles. The molecule has 24 heavy (non-hydrogen) atoms. The fourth-order valence-corrected chi connectivity index (χ4v) is 5.84. The maximum atomic E-state index is 13.0. The van der Waals surface area contributed by atoms with Gasteiger partial charge in [-0.25, -0.2) is 0 Å². The summed E-state index contributed by atoms with van der Waals surface area (Å²) in [6.45, 7) is 6.23. The first-order chi connectivity index (χ1) is 11.8. The van der Waals surface area contributed by atoms with Gasteiger partial charge in [-0.3, -0.25) is 9.69 Å². The zero-order chi connectivity index (χ0) is 16.5. The molecule has 0 spiro atoms. The number of likely N-dealkylation sites (N-methyl/N-ethyl adjacent to an activating group) is 1. The van der Waals surface area contributed by atoms with Crippen LogP contribution in [0.2, 0.25) is 0 Å². The smallest absolute Gasteiger partial charge is 0.225 e. The quantitative estimate of drug-likeness (QED) is 0.837. The van der Waals surface area contributed by atoms with Crippen LogP contribution in [0.5, 0.6) is 0 Å². The minimum atomic E-state index is -0.0200. The van der Waals surface area contributed by atoms with Crippen molar-refractivity contribution in [3.63, 3.8) is 0 Å². The summed E-state index contributed by atoms with van der Waals surface area (Å²) in [5, 5.41) is 2.13. The number of carbonyl (C=O) groups is 1. The second-order valence-corrected chi connectivity index (χ2v) is 8.21. The van der Waals surface area contributed by atoms with Crippen LogP contribution in [0.1, 0.15) is 55.6 Å². The number of fused-ring (bicyclic) bond motifs is 1. The van der Waals surface area contributed by atoms with Gasteiger partial charge >= 0.3 is 0 Å². The Labute approximate surface area is 148 Å². The molecule has 0 unspecified atom stereocenters. The van der Waals surface area contributed by atoms with E-state index in [9.17, 15) is 4.79 Å². The van der Waals surface area contributed by atoms with E-state index < -0.39 is 0 Å². The van der Waals surface area contributed by atoms with E-state index in [1.807, 2.05) is 0 Å². The molecule has 1 amide bonds. The van der Waals surface area contributed by atoms with Crippen molar-refractivity contribution in [2.24, 2.45) is 0 Å². The molecule has 3 aliphatic heterocycles. The molecule has 1 aromatic heterocycles. The fourth-order valence-electron chi connectivity index (χ4n) is 4.83. The van der Waals surface area contributed by atoms with Crippen molar-refractivity contribution < 1.29 is 9.53 Å². The van der Waals surface area contributed by atoms with Gasteiger partial charge in [-0.2, -0.15) is 0 Å². The molecule has 3 aliphatic rings. The normalized spacial score (nSPS) is 30.7. The van der Waals surface area contributed by atoms with Crippen LogP contribution >= 0.6 is 11.3 Å². The predicted octanol–water partition coefficient (Wildman–Crippen LogP) is 3.23. The summed E-state index contributed by atoms with van der Waals surface area (Å²) < 4.78 is 5.95. The Balaban J connectivity index is 1.44. The Hall–Kier alpha value is -0.910. The average molecular weight is 349 g/mol. The van der Waals surface area contributed by atoms with Crippen LogP contribution in [0.4, 0.5) is 0 Å². The highest BCUT2D eigenvalue weighted by atomic mass is 32.1. The molecule has 4 rings (SSSR count). The maximum absolute atomic E-state index is 13.0. The average Bonchev–Trinajstić information content (AvgIpc) is 3.33. The lowest BCUT2D eigenvalue weighted by Crippen LogP contribution is -2.48. The molecule has 0 N–H and O–H groups in total. The summed E-state index contributed by atoms with van der Waals surface area (Å²) in [7, 11) is 0. The van der Waals surface area contributed by atoms with Crippen molar-refractivity contribution in [1.82, 2.24) is 9.80 Å². The first kappa shape index (κ1) is 16.6. The number of likely N-dealkylation sites (tertiary alicyclic amines) is 2. The van der Waals surface area contributed by atoms with Gasteiger partial charge in [-0.05, 0) is 62.2 Å². The molecule has 1 aromatic rings. The van der Waals surface area contributed by atoms with E-state index in [4.69, 9.17) is 4.74 Å². The second-order valence-electron chi connectivity index (χ2n) is 7.26. The number of rotatable bonds is 4. The third-order valence-electron chi connectivity index (χ3n) is 6.01. The Bertz CT molecular complexity index is 588. The Morgan fingerprint density at radius 1 is 1.29 bits per heavy atom. The number of hydrogen-bond donors (Lipinski definition) is 0. The molecule has 0 aliphatic carbocycles. The van der Waals surface area contributed by atoms with Crippen LogP contribution < -0.4 is 0 Å². The van der Waals surface area contributed by atoms with Crippen LogP contribution in [-0.4, -0.2) is 54.0 Å². The topological polar surface area (TPSA) is 32.8 Å². The molecule has 0 aromatic carbocycles. The van der Waals surface area contributed by atoms with E-state index in [-0.39, 0.29) is 6.10 Å². The highest BCUT2D eigenvalue weighted by Gasteiger charge is 2.40. The predicted molar refractivity (Wildman–Crippen MR) is 96.3 cm³/mol. The molecule has 2 saturated heterocycles. The highest BCUT2D eigenvalue weighted by Crippen LogP contribution is 2.36. The highest BCUT2D eigenvalue weighted by molar-refractivity contribution is 7.10. The number of amides is 1. The largest absolute Gasteiger partial charge is 0.372 e. The lowest BCUT2D eigenvalue weighted by atomic mass is 10.0. The fraction of sp³-hybridized carbons (Fsp3) is 0.737. The van der Waals surface area contributed by atoms with Crippen LogP contribution in [0.15, 0.2) is 11.4 Å². The van der Waals surface area contributed by atoms with E-state index >= 15 is 0 Å². The zero-order valence-electron chi connectivity index (χ0n) is 14.6. The van der Waals surface area contributed by atoms with Crippen LogP contribution in [-0.2, 0) is 16.0 Å². The summed E-state index contributed by atoms with van der Waals surface area (Å²) in [4.78, 5) is 19.1. The van der Waals surface area contributed by atoms with Crippen LogP contribution in [0, 0.1) is 0 Å². The van der Waals surface area contributed by atoms with Crippen LogP contribution in [0.25, 0.3) is 0 Å². The van der Waals surface area contributed by atoms with Gasteiger partial charge in [0, 0.05) is 23.5 Å².